The minimum absolute atomic E-state index is 0.0394. The van der Waals surface area contributed by atoms with Crippen molar-refractivity contribution in [1.82, 2.24) is 29.4 Å². The molecule has 2 saturated heterocycles. The van der Waals surface area contributed by atoms with Gasteiger partial charge in [0.2, 0.25) is 11.8 Å². The normalized spacial score (nSPS) is 19.5. The molecular formula is C49H50Cl2F8N10O7. The number of anilines is 4. The van der Waals surface area contributed by atoms with Crippen LogP contribution in [0.3, 0.4) is 0 Å². The fraction of sp³-hybridized carbons (Fsp3) is 0.408. The van der Waals surface area contributed by atoms with Crippen molar-refractivity contribution in [2.75, 3.05) is 33.5 Å². The molecular weight excluding hydrogens is 1060 g/mol. The lowest BCUT2D eigenvalue weighted by molar-refractivity contribution is -0.170. The number of benzene rings is 3. The van der Waals surface area contributed by atoms with Gasteiger partial charge >= 0.3 is 30.6 Å². The van der Waals surface area contributed by atoms with Crippen molar-refractivity contribution < 1.29 is 68.6 Å². The lowest BCUT2D eigenvalue weighted by Crippen LogP contribution is -2.47. The minimum Gasteiger partial charge on any atom is -0.444 e. The molecule has 4 aliphatic heterocycles. The third kappa shape index (κ3) is 13.6. The Morgan fingerprint density at radius 2 is 1.09 bits per heavy atom. The van der Waals surface area contributed by atoms with Crippen LogP contribution in [0.2, 0.25) is 10.0 Å². The second kappa shape index (κ2) is 22.6. The van der Waals surface area contributed by atoms with Crippen molar-refractivity contribution in [2.45, 2.75) is 104 Å². The van der Waals surface area contributed by atoms with Gasteiger partial charge in [0.25, 0.3) is 0 Å². The van der Waals surface area contributed by atoms with E-state index in [1.807, 2.05) is 13.0 Å². The number of carbonyl (C=O) groups excluding carboxylic acids is 5. The van der Waals surface area contributed by atoms with Crippen LogP contribution in [0.15, 0.2) is 79.1 Å². The van der Waals surface area contributed by atoms with Gasteiger partial charge in [0, 0.05) is 37.3 Å². The number of aromatic nitrogens is 4. The van der Waals surface area contributed by atoms with E-state index in [0.29, 0.717) is 47.3 Å². The summed E-state index contributed by atoms with van der Waals surface area (Å²) in [5, 5.41) is 13.3. The molecule has 408 valence electrons. The second-order valence-corrected chi connectivity index (χ2v) is 20.0. The van der Waals surface area contributed by atoms with E-state index in [1.165, 1.54) is 52.5 Å². The molecule has 4 aliphatic rings. The number of hydrogen-bond donors (Lipinski definition) is 2. The zero-order valence-electron chi connectivity index (χ0n) is 41.2. The van der Waals surface area contributed by atoms with Gasteiger partial charge in [-0.3, -0.25) is 29.2 Å². The van der Waals surface area contributed by atoms with Gasteiger partial charge in [-0.15, -0.1) is 0 Å². The average Bonchev–Trinajstić information content (AvgIpc) is 4.13. The highest BCUT2D eigenvalue weighted by atomic mass is 35.5. The van der Waals surface area contributed by atoms with E-state index in [4.69, 9.17) is 32.7 Å². The first-order chi connectivity index (χ1) is 35.6. The summed E-state index contributed by atoms with van der Waals surface area (Å²) in [7, 11) is 0. The number of rotatable bonds is 5. The SMILES string of the molecule is C[C@H]1Cn2ncc(N3CC(C(F)(F)F)CC3=O)c2CN1C(=O)Nc1ccc(F)c(Cl)c1.C[C@H]1Cn2ncc(N3CC(C(F)(F)F)CC3=O)c2CN1C(=O)OC(C)(C)C.O=C(Nc1ccc(F)c(Cl)c1)Oc1ccccc1. The van der Waals surface area contributed by atoms with Crippen LogP contribution in [0.4, 0.5) is 72.3 Å². The molecule has 0 spiro atoms. The summed E-state index contributed by atoms with van der Waals surface area (Å²) in [6, 6.07) is 15.3. The average molecular weight is 1110 g/mol. The van der Waals surface area contributed by atoms with E-state index in [1.54, 1.807) is 61.3 Å². The Labute approximate surface area is 439 Å². The van der Waals surface area contributed by atoms with Crippen molar-refractivity contribution in [3.05, 3.63) is 112 Å². The molecule has 76 heavy (non-hydrogen) atoms. The standard InChI is InChI=1S/C19H18ClF4N5O2.C17H23F3N4O3.C13H9ClFNO2/c1-10-7-29-16(9-27(10)18(31)26-12-2-3-14(21)13(20)5-12)15(6-25-29)28-8-11(4-17(28)30)19(22,23)24;1-10-7-24-13(9-22(10)15(26)27-16(2,3)4)12(6-21-24)23-8-11(5-14(23)25)17(18,19)20;14-11-8-9(6-7-12(11)15)16-13(17)18-10-4-2-1-3-5-10/h2-3,5-6,10-11H,4,7-9H2,1H3,(H,26,31);6,10-11H,5,7-9H2,1-4H3;1-8H,(H,16,17)/t2*10-,11?;/m00./s1. The van der Waals surface area contributed by atoms with E-state index < -0.39 is 97.4 Å². The highest BCUT2D eigenvalue weighted by molar-refractivity contribution is 6.31. The first-order valence-corrected chi connectivity index (χ1v) is 24.2. The van der Waals surface area contributed by atoms with E-state index in [2.05, 4.69) is 20.8 Å². The lowest BCUT2D eigenvalue weighted by Gasteiger charge is -2.36. The Hall–Kier alpha value is -7.15. The first-order valence-electron chi connectivity index (χ1n) is 23.4. The highest BCUT2D eigenvalue weighted by Crippen LogP contribution is 2.40. The molecule has 9 rings (SSSR count). The Balaban J connectivity index is 0.000000172. The molecule has 5 aromatic rings. The van der Waals surface area contributed by atoms with Gasteiger partial charge < -0.3 is 29.5 Å². The molecule has 27 heteroatoms. The van der Waals surface area contributed by atoms with Gasteiger partial charge in [0.1, 0.15) is 23.0 Å². The summed E-state index contributed by atoms with van der Waals surface area (Å²) in [5.41, 5.74) is 1.60. The number of fused-ring (bicyclic) bond motifs is 2. The quantitative estimate of drug-likeness (QED) is 0.162. The topological polar surface area (TPSA) is 176 Å². The monoisotopic (exact) mass is 1110 g/mol. The summed E-state index contributed by atoms with van der Waals surface area (Å²) >= 11 is 11.3. The largest absolute Gasteiger partial charge is 0.444 e. The van der Waals surface area contributed by atoms with Crippen LogP contribution in [0.5, 0.6) is 5.75 Å². The number of amides is 6. The fourth-order valence-corrected chi connectivity index (χ4v) is 8.82. The van der Waals surface area contributed by atoms with Crippen LogP contribution in [0, 0.1) is 23.5 Å². The molecule has 0 radical (unpaired) electrons. The lowest BCUT2D eigenvalue weighted by atomic mass is 10.1. The number of urea groups is 1. The number of nitrogens with zero attached hydrogens (tertiary/aromatic N) is 8. The van der Waals surface area contributed by atoms with Gasteiger partial charge in [-0.25, -0.2) is 23.2 Å². The van der Waals surface area contributed by atoms with Crippen molar-refractivity contribution >= 4 is 76.0 Å². The fourth-order valence-electron chi connectivity index (χ4n) is 8.46. The highest BCUT2D eigenvalue weighted by Gasteiger charge is 2.50. The minimum atomic E-state index is -4.46. The van der Waals surface area contributed by atoms with Gasteiger partial charge in [0.05, 0.1) is 95.3 Å². The van der Waals surface area contributed by atoms with E-state index in [0.717, 1.165) is 15.9 Å². The predicted octanol–water partition coefficient (Wildman–Crippen LogP) is 11.1. The molecule has 4 atom stereocenters. The summed E-state index contributed by atoms with van der Waals surface area (Å²) in [4.78, 5) is 66.4. The zero-order valence-corrected chi connectivity index (χ0v) is 42.7. The third-order valence-electron chi connectivity index (χ3n) is 12.4. The molecule has 17 nitrogen and oxygen atoms in total. The number of alkyl halides is 6. The maximum atomic E-state index is 13.3. The Kier molecular flexibility index (Phi) is 16.8. The van der Waals surface area contributed by atoms with Gasteiger partial charge in [-0.05, 0) is 83.1 Å². The first kappa shape index (κ1) is 56.6. The molecule has 2 fully saturated rings. The number of nitrogens with one attached hydrogen (secondary N) is 2. The van der Waals surface area contributed by atoms with Crippen molar-refractivity contribution in [3.63, 3.8) is 0 Å². The molecule has 2 aromatic heterocycles. The summed E-state index contributed by atoms with van der Waals surface area (Å²) in [6.07, 6.45) is -8.47. The van der Waals surface area contributed by atoms with Crippen LogP contribution < -0.4 is 25.2 Å². The molecule has 6 heterocycles. The maximum Gasteiger partial charge on any atom is 0.417 e. The van der Waals surface area contributed by atoms with E-state index in [-0.39, 0.29) is 40.9 Å². The van der Waals surface area contributed by atoms with Crippen LogP contribution in [0.25, 0.3) is 0 Å². The Morgan fingerprint density at radius 1 is 0.645 bits per heavy atom. The maximum absolute atomic E-state index is 13.3. The molecule has 6 amide bonds. The van der Waals surface area contributed by atoms with E-state index in [9.17, 15) is 59.1 Å². The van der Waals surface area contributed by atoms with Crippen LogP contribution in [-0.4, -0.2) is 103 Å². The molecule has 2 N–H and O–H groups in total. The van der Waals surface area contributed by atoms with Gasteiger partial charge in [-0.2, -0.15) is 36.5 Å². The van der Waals surface area contributed by atoms with Crippen LogP contribution in [0.1, 0.15) is 58.8 Å². The summed E-state index contributed by atoms with van der Waals surface area (Å²) in [5.74, 6) is -5.39. The molecule has 0 saturated carbocycles. The summed E-state index contributed by atoms with van der Waals surface area (Å²) < 4.78 is 118. The van der Waals surface area contributed by atoms with Crippen LogP contribution >= 0.6 is 23.2 Å². The molecule has 2 unspecified atom stereocenters. The second-order valence-electron chi connectivity index (χ2n) is 19.2. The van der Waals surface area contributed by atoms with Crippen molar-refractivity contribution in [3.8, 4) is 5.75 Å². The molecule has 0 bridgehead atoms. The Morgan fingerprint density at radius 3 is 1.53 bits per heavy atom. The number of hydrogen-bond acceptors (Lipinski definition) is 9. The van der Waals surface area contributed by atoms with Crippen molar-refractivity contribution in [2.24, 2.45) is 11.8 Å². The Bertz CT molecular complexity index is 2970. The van der Waals surface area contributed by atoms with Gasteiger partial charge in [-0.1, -0.05) is 41.4 Å². The predicted molar refractivity (Wildman–Crippen MR) is 262 cm³/mol. The number of carbonyl (C=O) groups is 5. The van der Waals surface area contributed by atoms with Crippen molar-refractivity contribution in [1.29, 1.82) is 0 Å². The van der Waals surface area contributed by atoms with Gasteiger partial charge in [0.15, 0.2) is 0 Å². The number of ether oxygens (including phenoxy) is 2. The third-order valence-corrected chi connectivity index (χ3v) is 12.9. The molecule has 3 aromatic carbocycles. The van der Waals surface area contributed by atoms with Crippen LogP contribution in [-0.2, 0) is 40.5 Å². The molecule has 0 aliphatic carbocycles. The van der Waals surface area contributed by atoms with E-state index >= 15 is 0 Å². The smallest absolute Gasteiger partial charge is 0.417 e. The number of halogens is 10. The number of para-hydroxylation sites is 1. The zero-order chi connectivity index (χ0) is 55.6. The summed E-state index contributed by atoms with van der Waals surface area (Å²) in [6.45, 7) is 8.84.